The zero-order valence-electron chi connectivity index (χ0n) is 10.9. The molecule has 0 amide bonds. The number of nitrogens with zero attached hydrogens (tertiary/aromatic N) is 3. The van der Waals surface area contributed by atoms with Crippen molar-refractivity contribution in [3.8, 4) is 0 Å². The molecule has 0 aromatic carbocycles. The Kier molecular flexibility index (Phi) is 3.59. The van der Waals surface area contributed by atoms with Crippen LogP contribution in [0.5, 0.6) is 0 Å². The molecule has 0 radical (unpaired) electrons. The highest BCUT2D eigenvalue weighted by Gasteiger charge is 2.22. The Labute approximate surface area is 101 Å². The molecule has 0 saturated heterocycles. The molecule has 0 aliphatic heterocycles. The van der Waals surface area contributed by atoms with Gasteiger partial charge in [0.2, 0.25) is 5.13 Å². The average Bonchev–Trinajstić information content (AvgIpc) is 2.46. The first kappa shape index (κ1) is 13.4. The summed E-state index contributed by atoms with van der Waals surface area (Å²) in [5.74, 6) is 0.857. The van der Waals surface area contributed by atoms with Gasteiger partial charge in [-0.25, -0.2) is 4.98 Å². The van der Waals surface area contributed by atoms with Gasteiger partial charge >= 0.3 is 0 Å². The minimum absolute atomic E-state index is 0.0235. The fourth-order valence-corrected chi connectivity index (χ4v) is 2.14. The molecule has 0 unspecified atom stereocenters. The molecule has 0 spiro atoms. The molecule has 0 aliphatic rings. The van der Waals surface area contributed by atoms with Crippen LogP contribution in [0.1, 0.15) is 40.4 Å². The van der Waals surface area contributed by atoms with Gasteiger partial charge in [0.15, 0.2) is 0 Å². The van der Waals surface area contributed by atoms with Crippen LogP contribution in [0.2, 0.25) is 0 Å². The largest absolute Gasteiger partial charge is 0.389 e. The lowest BCUT2D eigenvalue weighted by Gasteiger charge is -2.24. The quantitative estimate of drug-likeness (QED) is 0.882. The molecule has 1 aromatic heterocycles. The maximum Gasteiger partial charge on any atom is 0.205 e. The molecule has 92 valence electrons. The van der Waals surface area contributed by atoms with Crippen LogP contribution in [0.3, 0.4) is 0 Å². The third-order valence-electron chi connectivity index (χ3n) is 2.04. The van der Waals surface area contributed by atoms with E-state index in [2.05, 4.69) is 30.1 Å². The van der Waals surface area contributed by atoms with Crippen LogP contribution in [0.15, 0.2) is 0 Å². The Morgan fingerprint density at radius 2 is 1.81 bits per heavy atom. The molecule has 5 heteroatoms. The van der Waals surface area contributed by atoms with Crippen molar-refractivity contribution in [2.75, 3.05) is 18.5 Å². The van der Waals surface area contributed by atoms with Gasteiger partial charge in [-0.15, -0.1) is 0 Å². The lowest BCUT2D eigenvalue weighted by Crippen LogP contribution is -2.36. The van der Waals surface area contributed by atoms with Crippen molar-refractivity contribution >= 4 is 16.7 Å². The highest BCUT2D eigenvalue weighted by atomic mass is 32.1. The molecule has 0 bridgehead atoms. The molecule has 0 aliphatic carbocycles. The molecule has 1 aromatic rings. The minimum atomic E-state index is -0.720. The minimum Gasteiger partial charge on any atom is -0.389 e. The Morgan fingerprint density at radius 3 is 2.19 bits per heavy atom. The van der Waals surface area contributed by atoms with Crippen molar-refractivity contribution in [1.29, 1.82) is 0 Å². The molecule has 0 fully saturated rings. The third-order valence-corrected chi connectivity index (χ3v) is 2.87. The number of hydrogen-bond donors (Lipinski definition) is 1. The van der Waals surface area contributed by atoms with Gasteiger partial charge in [-0.3, -0.25) is 0 Å². The highest BCUT2D eigenvalue weighted by molar-refractivity contribution is 7.09. The van der Waals surface area contributed by atoms with Crippen LogP contribution >= 0.6 is 11.5 Å². The highest BCUT2D eigenvalue weighted by Crippen LogP contribution is 2.25. The monoisotopic (exact) mass is 243 g/mol. The van der Waals surface area contributed by atoms with Gasteiger partial charge < -0.3 is 10.0 Å². The second-order valence-electron chi connectivity index (χ2n) is 5.82. The van der Waals surface area contributed by atoms with Crippen molar-refractivity contribution < 1.29 is 5.11 Å². The lowest BCUT2D eigenvalue weighted by atomic mass is 9.96. The van der Waals surface area contributed by atoms with E-state index in [4.69, 9.17) is 0 Å². The third kappa shape index (κ3) is 3.72. The van der Waals surface area contributed by atoms with E-state index in [-0.39, 0.29) is 5.41 Å². The summed E-state index contributed by atoms with van der Waals surface area (Å²) in [5, 5.41) is 10.6. The average molecular weight is 243 g/mol. The fourth-order valence-electron chi connectivity index (χ4n) is 1.32. The SMILES string of the molecule is CN(CC(C)(C)O)c1nc(C(C)(C)C)ns1. The van der Waals surface area contributed by atoms with Gasteiger partial charge in [0.05, 0.1) is 5.60 Å². The Hall–Kier alpha value is -0.680. The Morgan fingerprint density at radius 1 is 1.25 bits per heavy atom. The zero-order chi connectivity index (χ0) is 12.6. The number of likely N-dealkylation sites (N-methyl/N-ethyl adjacent to an activating group) is 1. The van der Waals surface area contributed by atoms with Crippen LogP contribution < -0.4 is 4.90 Å². The van der Waals surface area contributed by atoms with Gasteiger partial charge in [-0.1, -0.05) is 20.8 Å². The number of hydrogen-bond acceptors (Lipinski definition) is 5. The molecule has 4 nitrogen and oxygen atoms in total. The predicted molar refractivity (Wildman–Crippen MR) is 68.2 cm³/mol. The topological polar surface area (TPSA) is 49.2 Å². The fraction of sp³-hybridized carbons (Fsp3) is 0.818. The van der Waals surface area contributed by atoms with Crippen LogP contribution in [-0.2, 0) is 5.41 Å². The van der Waals surface area contributed by atoms with E-state index in [1.165, 1.54) is 11.5 Å². The summed E-state index contributed by atoms with van der Waals surface area (Å²) in [5.41, 5.74) is -0.743. The van der Waals surface area contributed by atoms with E-state index in [0.29, 0.717) is 6.54 Å². The summed E-state index contributed by atoms with van der Waals surface area (Å²) in [6.45, 7) is 10.4. The van der Waals surface area contributed by atoms with E-state index in [1.54, 1.807) is 13.8 Å². The van der Waals surface area contributed by atoms with Crippen LogP contribution in [0.4, 0.5) is 5.13 Å². The van der Waals surface area contributed by atoms with Crippen molar-refractivity contribution in [3.05, 3.63) is 5.82 Å². The molecular weight excluding hydrogens is 222 g/mol. The summed E-state index contributed by atoms with van der Waals surface area (Å²) in [7, 11) is 1.92. The molecule has 0 atom stereocenters. The Bertz CT molecular complexity index is 349. The lowest BCUT2D eigenvalue weighted by molar-refractivity contribution is 0.0886. The maximum absolute atomic E-state index is 9.73. The second kappa shape index (κ2) is 4.30. The van der Waals surface area contributed by atoms with Gasteiger partial charge in [0.25, 0.3) is 0 Å². The first-order chi connectivity index (χ1) is 7.09. The van der Waals surface area contributed by atoms with Crippen molar-refractivity contribution in [3.63, 3.8) is 0 Å². The predicted octanol–water partition coefficient (Wildman–Crippen LogP) is 2.04. The molecule has 1 N–H and O–H groups in total. The first-order valence-electron chi connectivity index (χ1n) is 5.37. The molecular formula is C11H21N3OS. The number of aliphatic hydroxyl groups is 1. The van der Waals surface area contributed by atoms with E-state index < -0.39 is 5.60 Å². The maximum atomic E-state index is 9.73. The second-order valence-corrected chi connectivity index (χ2v) is 6.55. The standard InChI is InChI=1S/C11H21N3OS/c1-10(2,3)8-12-9(16-13-8)14(6)7-11(4,5)15/h15H,7H2,1-6H3. The van der Waals surface area contributed by atoms with Gasteiger partial charge in [-0.05, 0) is 13.8 Å². The van der Waals surface area contributed by atoms with Crippen LogP contribution in [0, 0.1) is 0 Å². The molecule has 1 rings (SSSR count). The van der Waals surface area contributed by atoms with Crippen molar-refractivity contribution in [2.24, 2.45) is 0 Å². The summed E-state index contributed by atoms with van der Waals surface area (Å²) in [4.78, 5) is 6.43. The first-order valence-corrected chi connectivity index (χ1v) is 6.15. The van der Waals surface area contributed by atoms with E-state index >= 15 is 0 Å². The number of anilines is 1. The summed E-state index contributed by atoms with van der Waals surface area (Å²) in [6.07, 6.45) is 0. The summed E-state index contributed by atoms with van der Waals surface area (Å²) >= 11 is 1.38. The smallest absolute Gasteiger partial charge is 0.205 e. The summed E-state index contributed by atoms with van der Waals surface area (Å²) < 4.78 is 4.35. The van der Waals surface area contributed by atoms with Crippen LogP contribution in [0.25, 0.3) is 0 Å². The molecule has 1 heterocycles. The van der Waals surface area contributed by atoms with Gasteiger partial charge in [0.1, 0.15) is 5.82 Å². The van der Waals surface area contributed by atoms with E-state index in [0.717, 1.165) is 11.0 Å². The van der Waals surface area contributed by atoms with Crippen LogP contribution in [-0.4, -0.2) is 33.7 Å². The van der Waals surface area contributed by atoms with Crippen molar-refractivity contribution in [2.45, 2.75) is 45.6 Å². The molecule has 0 saturated carbocycles. The zero-order valence-corrected chi connectivity index (χ0v) is 11.7. The number of rotatable bonds is 3. The van der Waals surface area contributed by atoms with E-state index in [1.807, 2.05) is 11.9 Å². The van der Waals surface area contributed by atoms with Gasteiger partial charge in [-0.2, -0.15) is 4.37 Å². The number of aromatic nitrogens is 2. The normalized spacial score (nSPS) is 12.9. The Balaban J connectivity index is 2.79. The molecule has 16 heavy (non-hydrogen) atoms. The summed E-state index contributed by atoms with van der Waals surface area (Å²) in [6, 6.07) is 0. The van der Waals surface area contributed by atoms with Gasteiger partial charge in [0, 0.05) is 30.5 Å². The van der Waals surface area contributed by atoms with E-state index in [9.17, 15) is 5.11 Å². The van der Waals surface area contributed by atoms with Crippen molar-refractivity contribution in [1.82, 2.24) is 9.36 Å².